The van der Waals surface area contributed by atoms with Crippen molar-refractivity contribution in [2.45, 2.75) is 39.5 Å². The highest BCUT2D eigenvalue weighted by Crippen LogP contribution is 2.59. The average Bonchev–Trinajstić information content (AvgIpc) is 2.63. The van der Waals surface area contributed by atoms with Crippen molar-refractivity contribution in [1.82, 2.24) is 4.90 Å². The molecular weight excluding hydrogens is 230 g/mol. The Bertz CT molecular complexity index is 358. The lowest BCUT2D eigenvalue weighted by Gasteiger charge is -2.21. The van der Waals surface area contributed by atoms with Crippen LogP contribution in [0.3, 0.4) is 0 Å². The molecule has 0 aromatic carbocycles. The van der Waals surface area contributed by atoms with Crippen LogP contribution in [0.25, 0.3) is 0 Å². The van der Waals surface area contributed by atoms with Gasteiger partial charge < -0.3 is 10.0 Å². The molecule has 102 valence electrons. The Hall–Kier alpha value is -1.06. The van der Waals surface area contributed by atoms with Crippen LogP contribution >= 0.6 is 0 Å². The number of carbonyl (C=O) groups excluding carboxylic acids is 1. The Morgan fingerprint density at radius 2 is 1.78 bits per heavy atom. The molecule has 2 rings (SSSR count). The molecule has 0 aliphatic heterocycles. The molecule has 0 aromatic heterocycles. The van der Waals surface area contributed by atoms with Gasteiger partial charge in [-0.3, -0.25) is 9.59 Å². The smallest absolute Gasteiger partial charge is 0.307 e. The Kier molecular flexibility index (Phi) is 3.39. The molecule has 1 amide bonds. The maximum atomic E-state index is 12.3. The largest absolute Gasteiger partial charge is 0.481 e. The predicted molar refractivity (Wildman–Crippen MR) is 68.0 cm³/mol. The highest BCUT2D eigenvalue weighted by molar-refractivity contribution is 5.91. The van der Waals surface area contributed by atoms with Gasteiger partial charge in [0.2, 0.25) is 5.91 Å². The average molecular weight is 253 g/mol. The van der Waals surface area contributed by atoms with Crippen LogP contribution in [0, 0.1) is 23.2 Å². The van der Waals surface area contributed by atoms with Crippen molar-refractivity contribution < 1.29 is 14.7 Å². The van der Waals surface area contributed by atoms with Crippen LogP contribution in [0.1, 0.15) is 39.5 Å². The monoisotopic (exact) mass is 253 g/mol. The molecule has 0 aromatic rings. The number of carboxylic acids is 1. The lowest BCUT2D eigenvalue weighted by molar-refractivity contribution is -0.141. The molecule has 2 fully saturated rings. The van der Waals surface area contributed by atoms with E-state index in [1.807, 2.05) is 20.9 Å². The van der Waals surface area contributed by atoms with Crippen LogP contribution in [0.4, 0.5) is 0 Å². The van der Waals surface area contributed by atoms with Gasteiger partial charge in [0.15, 0.2) is 0 Å². The fourth-order valence-corrected chi connectivity index (χ4v) is 3.47. The number of hydrogen-bond donors (Lipinski definition) is 1. The summed E-state index contributed by atoms with van der Waals surface area (Å²) in [4.78, 5) is 25.1. The summed E-state index contributed by atoms with van der Waals surface area (Å²) in [5.41, 5.74) is -0.382. The molecule has 4 heteroatoms. The Labute approximate surface area is 108 Å². The molecule has 0 spiro atoms. The molecule has 2 atom stereocenters. The zero-order valence-corrected chi connectivity index (χ0v) is 11.5. The van der Waals surface area contributed by atoms with Gasteiger partial charge in [0.25, 0.3) is 0 Å². The van der Waals surface area contributed by atoms with Gasteiger partial charge in [-0.15, -0.1) is 0 Å². The van der Waals surface area contributed by atoms with Gasteiger partial charge in [-0.2, -0.15) is 0 Å². The van der Waals surface area contributed by atoms with Gasteiger partial charge in [0.1, 0.15) is 0 Å². The minimum Gasteiger partial charge on any atom is -0.481 e. The minimum absolute atomic E-state index is 0.0132. The molecule has 2 saturated carbocycles. The number of amides is 1. The van der Waals surface area contributed by atoms with Crippen molar-refractivity contribution in [3.63, 3.8) is 0 Å². The van der Waals surface area contributed by atoms with Crippen LogP contribution in [-0.2, 0) is 9.59 Å². The van der Waals surface area contributed by atoms with Gasteiger partial charge in [0.05, 0.1) is 11.8 Å². The maximum Gasteiger partial charge on any atom is 0.307 e. The molecule has 0 bridgehead atoms. The van der Waals surface area contributed by atoms with Gasteiger partial charge >= 0.3 is 5.97 Å². The summed E-state index contributed by atoms with van der Waals surface area (Å²) in [5.74, 6) is -1.05. The fourth-order valence-electron chi connectivity index (χ4n) is 3.47. The molecule has 0 radical (unpaired) electrons. The quantitative estimate of drug-likeness (QED) is 0.833. The number of carboxylic acid groups (broad SMARTS) is 1. The second-order valence-corrected chi connectivity index (χ2v) is 6.48. The number of rotatable bonds is 4. The third-order valence-corrected chi connectivity index (χ3v) is 4.74. The second-order valence-electron chi connectivity index (χ2n) is 6.48. The first kappa shape index (κ1) is 13.4. The highest BCUT2D eigenvalue weighted by Gasteiger charge is 2.66. The molecule has 2 aliphatic rings. The van der Waals surface area contributed by atoms with E-state index in [0.29, 0.717) is 5.92 Å². The third kappa shape index (κ3) is 2.25. The van der Waals surface area contributed by atoms with E-state index in [2.05, 4.69) is 0 Å². The molecule has 1 N–H and O–H groups in total. The molecule has 0 saturated heterocycles. The van der Waals surface area contributed by atoms with Crippen molar-refractivity contribution in [1.29, 1.82) is 0 Å². The zero-order chi connectivity index (χ0) is 13.5. The Morgan fingerprint density at radius 3 is 2.22 bits per heavy atom. The summed E-state index contributed by atoms with van der Waals surface area (Å²) < 4.78 is 0. The van der Waals surface area contributed by atoms with Crippen molar-refractivity contribution in [2.75, 3.05) is 13.6 Å². The summed E-state index contributed by atoms with van der Waals surface area (Å²) >= 11 is 0. The summed E-state index contributed by atoms with van der Waals surface area (Å²) in [6.07, 6.45) is 4.93. The van der Waals surface area contributed by atoms with E-state index in [9.17, 15) is 9.59 Å². The van der Waals surface area contributed by atoms with Gasteiger partial charge in [0, 0.05) is 13.6 Å². The van der Waals surface area contributed by atoms with Crippen LogP contribution in [0.2, 0.25) is 0 Å². The number of hydrogen-bond acceptors (Lipinski definition) is 2. The number of carbonyl (C=O) groups is 2. The van der Waals surface area contributed by atoms with Gasteiger partial charge in [-0.1, -0.05) is 26.7 Å². The first-order chi connectivity index (χ1) is 8.35. The normalized spacial score (nSPS) is 30.2. The van der Waals surface area contributed by atoms with E-state index in [-0.39, 0.29) is 17.2 Å². The number of aliphatic carboxylic acids is 1. The van der Waals surface area contributed by atoms with E-state index in [1.54, 1.807) is 4.90 Å². The van der Waals surface area contributed by atoms with Gasteiger partial charge in [-0.05, 0) is 24.2 Å². The Morgan fingerprint density at radius 1 is 1.22 bits per heavy atom. The molecule has 0 heterocycles. The van der Waals surface area contributed by atoms with Crippen LogP contribution in [0.5, 0.6) is 0 Å². The summed E-state index contributed by atoms with van der Waals surface area (Å²) in [6.45, 7) is 4.53. The van der Waals surface area contributed by atoms with E-state index in [4.69, 9.17) is 5.11 Å². The van der Waals surface area contributed by atoms with Crippen molar-refractivity contribution in [3.05, 3.63) is 0 Å². The lowest BCUT2D eigenvalue weighted by atomic mass is 10.1. The first-order valence-electron chi connectivity index (χ1n) is 6.83. The lowest BCUT2D eigenvalue weighted by Crippen LogP contribution is -2.33. The van der Waals surface area contributed by atoms with Crippen molar-refractivity contribution >= 4 is 11.9 Å². The molecule has 18 heavy (non-hydrogen) atoms. The van der Waals surface area contributed by atoms with Gasteiger partial charge in [-0.25, -0.2) is 0 Å². The first-order valence-corrected chi connectivity index (χ1v) is 6.83. The van der Waals surface area contributed by atoms with E-state index < -0.39 is 11.9 Å². The molecular formula is C14H23NO3. The highest BCUT2D eigenvalue weighted by atomic mass is 16.4. The van der Waals surface area contributed by atoms with E-state index in [0.717, 1.165) is 6.54 Å². The summed E-state index contributed by atoms with van der Waals surface area (Å²) in [5, 5.41) is 9.10. The standard InChI is InChI=1S/C14H23NO3/c1-14(2)10(11(14)13(17)18)12(16)15(3)8-9-6-4-5-7-9/h9-11H,4-8H2,1-3H3,(H,17,18)/t10-,11+/m1/s1. The Balaban J connectivity index is 1.93. The van der Waals surface area contributed by atoms with E-state index >= 15 is 0 Å². The van der Waals surface area contributed by atoms with Crippen molar-refractivity contribution in [3.8, 4) is 0 Å². The summed E-state index contributed by atoms with van der Waals surface area (Å²) in [6, 6.07) is 0. The second kappa shape index (κ2) is 4.56. The zero-order valence-electron chi connectivity index (χ0n) is 11.5. The number of nitrogens with zero attached hydrogens (tertiary/aromatic N) is 1. The molecule has 2 aliphatic carbocycles. The summed E-state index contributed by atoms with van der Waals surface area (Å²) in [7, 11) is 1.81. The third-order valence-electron chi connectivity index (χ3n) is 4.74. The molecule has 0 unspecified atom stereocenters. The van der Waals surface area contributed by atoms with Crippen molar-refractivity contribution in [2.24, 2.45) is 23.2 Å². The minimum atomic E-state index is -0.840. The van der Waals surface area contributed by atoms with Crippen LogP contribution in [-0.4, -0.2) is 35.5 Å². The van der Waals surface area contributed by atoms with E-state index in [1.165, 1.54) is 25.7 Å². The maximum absolute atomic E-state index is 12.3. The SMILES string of the molecule is CN(CC1CCCC1)C(=O)[C@H]1[C@@H](C(=O)O)C1(C)C. The van der Waals surface area contributed by atoms with Crippen LogP contribution in [0.15, 0.2) is 0 Å². The van der Waals surface area contributed by atoms with Crippen LogP contribution < -0.4 is 0 Å². The predicted octanol–water partition coefficient (Wildman–Crippen LogP) is 1.99. The topological polar surface area (TPSA) is 57.6 Å². The molecule has 4 nitrogen and oxygen atoms in total. The fraction of sp³-hybridized carbons (Fsp3) is 0.857.